The predicted octanol–water partition coefficient (Wildman–Crippen LogP) is 4.31. The number of para-hydroxylation sites is 1. The summed E-state index contributed by atoms with van der Waals surface area (Å²) >= 11 is 6.24. The molecule has 1 atom stereocenters. The van der Waals surface area contributed by atoms with Gasteiger partial charge in [-0.3, -0.25) is 0 Å². The summed E-state index contributed by atoms with van der Waals surface area (Å²) in [5.41, 5.74) is 2.27. The van der Waals surface area contributed by atoms with Gasteiger partial charge in [-0.2, -0.15) is 0 Å². The Kier molecular flexibility index (Phi) is 3.30. The molecule has 4 rings (SSSR count). The Morgan fingerprint density at radius 1 is 1.10 bits per heavy atom. The van der Waals surface area contributed by atoms with E-state index in [1.54, 1.807) is 0 Å². The van der Waals surface area contributed by atoms with E-state index in [0.717, 1.165) is 22.8 Å². The van der Waals surface area contributed by atoms with Crippen LogP contribution < -0.4 is 4.74 Å². The van der Waals surface area contributed by atoms with E-state index in [9.17, 15) is 0 Å². The topological polar surface area (TPSA) is 35.0 Å². The molecule has 1 aromatic carbocycles. The van der Waals surface area contributed by atoms with E-state index in [-0.39, 0.29) is 5.92 Å². The lowest BCUT2D eigenvalue weighted by molar-refractivity contribution is 0.339. The summed E-state index contributed by atoms with van der Waals surface area (Å²) in [4.78, 5) is 9.28. The number of ether oxygens (including phenoxy) is 1. The Balaban J connectivity index is 1.72. The molecule has 2 aliphatic rings. The molecule has 1 aliphatic carbocycles. The van der Waals surface area contributed by atoms with Gasteiger partial charge in [0.25, 0.3) is 0 Å². The summed E-state index contributed by atoms with van der Waals surface area (Å²) in [5.74, 6) is 2.38. The fourth-order valence-electron chi connectivity index (χ4n) is 3.42. The van der Waals surface area contributed by atoms with Crippen molar-refractivity contribution in [2.24, 2.45) is 0 Å². The Morgan fingerprint density at radius 2 is 1.90 bits per heavy atom. The first-order valence-corrected chi connectivity index (χ1v) is 7.95. The van der Waals surface area contributed by atoms with E-state index in [4.69, 9.17) is 21.3 Å². The van der Waals surface area contributed by atoms with Crippen LogP contribution in [0.2, 0.25) is 5.15 Å². The summed E-state index contributed by atoms with van der Waals surface area (Å²) in [7, 11) is 0. The highest BCUT2D eigenvalue weighted by atomic mass is 35.5. The van der Waals surface area contributed by atoms with Crippen molar-refractivity contribution >= 4 is 11.6 Å². The molecule has 0 N–H and O–H groups in total. The molecule has 21 heavy (non-hydrogen) atoms. The van der Waals surface area contributed by atoms with Crippen molar-refractivity contribution in [3.63, 3.8) is 0 Å². The lowest BCUT2D eigenvalue weighted by Gasteiger charge is -2.13. The summed E-state index contributed by atoms with van der Waals surface area (Å²) in [5, 5.41) is 0.547. The SMILES string of the molecule is Clc1cc(C2CCCC2)nc(C2COc3ccccc32)n1. The Labute approximate surface area is 129 Å². The highest BCUT2D eigenvalue weighted by Crippen LogP contribution is 2.38. The average Bonchev–Trinajstić information content (AvgIpc) is 3.16. The molecule has 1 saturated carbocycles. The van der Waals surface area contributed by atoms with Crippen molar-refractivity contribution in [1.82, 2.24) is 9.97 Å². The van der Waals surface area contributed by atoms with Crippen molar-refractivity contribution in [3.8, 4) is 5.75 Å². The smallest absolute Gasteiger partial charge is 0.141 e. The highest BCUT2D eigenvalue weighted by molar-refractivity contribution is 6.29. The van der Waals surface area contributed by atoms with Crippen molar-refractivity contribution in [2.45, 2.75) is 37.5 Å². The number of hydrogen-bond donors (Lipinski definition) is 0. The third-order valence-electron chi connectivity index (χ3n) is 4.52. The molecule has 0 saturated heterocycles. The number of rotatable bonds is 2. The first-order chi connectivity index (χ1) is 10.3. The van der Waals surface area contributed by atoms with Crippen molar-refractivity contribution in [1.29, 1.82) is 0 Å². The van der Waals surface area contributed by atoms with Crippen LogP contribution in [0.1, 0.15) is 54.6 Å². The minimum Gasteiger partial charge on any atom is -0.492 e. The van der Waals surface area contributed by atoms with Crippen molar-refractivity contribution < 1.29 is 4.74 Å². The van der Waals surface area contributed by atoms with Gasteiger partial charge < -0.3 is 4.74 Å². The molecular formula is C17H17ClN2O. The third-order valence-corrected chi connectivity index (χ3v) is 4.71. The standard InChI is InChI=1S/C17H17ClN2O/c18-16-9-14(11-5-1-2-6-11)19-17(20-16)13-10-21-15-8-4-3-7-12(13)15/h3-4,7-9,11,13H,1-2,5-6,10H2. The number of halogens is 1. The molecule has 3 nitrogen and oxygen atoms in total. The van der Waals surface area contributed by atoms with Crippen LogP contribution in [0, 0.1) is 0 Å². The molecule has 0 radical (unpaired) electrons. The third kappa shape index (κ3) is 2.40. The van der Waals surface area contributed by atoms with Crippen LogP contribution in [0.3, 0.4) is 0 Å². The van der Waals surface area contributed by atoms with Gasteiger partial charge in [0.05, 0.1) is 5.92 Å². The Hall–Kier alpha value is -1.61. The summed E-state index contributed by atoms with van der Waals surface area (Å²) in [6.07, 6.45) is 5.00. The summed E-state index contributed by atoms with van der Waals surface area (Å²) < 4.78 is 5.75. The lowest BCUT2D eigenvalue weighted by atomic mass is 9.99. The van der Waals surface area contributed by atoms with Gasteiger partial charge >= 0.3 is 0 Å². The van der Waals surface area contributed by atoms with Gasteiger partial charge in [-0.25, -0.2) is 9.97 Å². The van der Waals surface area contributed by atoms with E-state index in [2.05, 4.69) is 11.1 Å². The van der Waals surface area contributed by atoms with Crippen molar-refractivity contribution in [3.05, 3.63) is 52.6 Å². The van der Waals surface area contributed by atoms with E-state index in [1.807, 2.05) is 24.3 Å². The van der Waals surface area contributed by atoms with Gasteiger partial charge in [-0.15, -0.1) is 0 Å². The second-order valence-electron chi connectivity index (χ2n) is 5.86. The Bertz CT molecular complexity index is 668. The zero-order valence-corrected chi connectivity index (χ0v) is 12.5. The van der Waals surface area contributed by atoms with Crippen LogP contribution >= 0.6 is 11.6 Å². The molecule has 2 heterocycles. The molecule has 0 spiro atoms. The van der Waals surface area contributed by atoms with Crippen LogP contribution in [0.25, 0.3) is 0 Å². The molecule has 4 heteroatoms. The number of aromatic nitrogens is 2. The zero-order chi connectivity index (χ0) is 14.2. The van der Waals surface area contributed by atoms with Gasteiger partial charge in [0.1, 0.15) is 23.3 Å². The zero-order valence-electron chi connectivity index (χ0n) is 11.8. The number of benzene rings is 1. The molecule has 1 unspecified atom stereocenters. The maximum atomic E-state index is 6.24. The van der Waals surface area contributed by atoms with E-state index < -0.39 is 0 Å². The monoisotopic (exact) mass is 300 g/mol. The molecule has 0 bridgehead atoms. The molecule has 108 valence electrons. The van der Waals surface area contributed by atoms with Crippen molar-refractivity contribution in [2.75, 3.05) is 6.61 Å². The molecule has 1 aliphatic heterocycles. The fraction of sp³-hybridized carbons (Fsp3) is 0.412. The van der Waals surface area contributed by atoms with Gasteiger partial charge in [-0.05, 0) is 25.0 Å². The highest BCUT2D eigenvalue weighted by Gasteiger charge is 2.29. The van der Waals surface area contributed by atoms with E-state index in [1.165, 1.54) is 25.7 Å². The van der Waals surface area contributed by atoms with E-state index in [0.29, 0.717) is 17.7 Å². The maximum absolute atomic E-state index is 6.24. The van der Waals surface area contributed by atoms with Gasteiger partial charge in [0.15, 0.2) is 0 Å². The minimum absolute atomic E-state index is 0.0973. The molecule has 1 fully saturated rings. The first kappa shape index (κ1) is 13.1. The summed E-state index contributed by atoms with van der Waals surface area (Å²) in [6, 6.07) is 10.0. The minimum atomic E-state index is 0.0973. The number of nitrogens with zero attached hydrogens (tertiary/aromatic N) is 2. The second kappa shape index (κ2) is 5.30. The quantitative estimate of drug-likeness (QED) is 0.775. The molecule has 0 amide bonds. The number of hydrogen-bond acceptors (Lipinski definition) is 3. The van der Waals surface area contributed by atoms with Crippen LogP contribution in [0.4, 0.5) is 0 Å². The second-order valence-corrected chi connectivity index (χ2v) is 6.24. The lowest BCUT2D eigenvalue weighted by Crippen LogP contribution is -2.10. The first-order valence-electron chi connectivity index (χ1n) is 7.57. The van der Waals surface area contributed by atoms with Crippen LogP contribution in [0.15, 0.2) is 30.3 Å². The largest absolute Gasteiger partial charge is 0.492 e. The predicted molar refractivity (Wildman–Crippen MR) is 82.0 cm³/mol. The summed E-state index contributed by atoms with van der Waals surface area (Å²) in [6.45, 7) is 0.601. The van der Waals surface area contributed by atoms with Gasteiger partial charge in [-0.1, -0.05) is 42.6 Å². The van der Waals surface area contributed by atoms with Gasteiger partial charge in [0.2, 0.25) is 0 Å². The van der Waals surface area contributed by atoms with Gasteiger partial charge in [0, 0.05) is 17.2 Å². The number of fused-ring (bicyclic) bond motifs is 1. The maximum Gasteiger partial charge on any atom is 0.141 e. The molecule has 2 aromatic rings. The Morgan fingerprint density at radius 3 is 2.76 bits per heavy atom. The van der Waals surface area contributed by atoms with Crippen LogP contribution in [-0.2, 0) is 0 Å². The van der Waals surface area contributed by atoms with E-state index >= 15 is 0 Å². The molecular weight excluding hydrogens is 284 g/mol. The van der Waals surface area contributed by atoms with Crippen LogP contribution in [-0.4, -0.2) is 16.6 Å². The normalized spacial score (nSPS) is 21.3. The fourth-order valence-corrected chi connectivity index (χ4v) is 3.61. The van der Waals surface area contributed by atoms with Crippen LogP contribution in [0.5, 0.6) is 5.75 Å². The molecule has 1 aromatic heterocycles. The average molecular weight is 301 g/mol.